The fourth-order valence-electron chi connectivity index (χ4n) is 3.98. The number of halogens is 3. The Labute approximate surface area is 174 Å². The molecule has 1 unspecified atom stereocenters. The first-order valence-electron chi connectivity index (χ1n) is 10.1. The molecule has 0 saturated carbocycles. The zero-order valence-electron chi connectivity index (χ0n) is 17.5. The van der Waals surface area contributed by atoms with Gasteiger partial charge >= 0.3 is 18.2 Å². The molecule has 0 bridgehead atoms. The molecule has 1 atom stereocenters. The number of alkyl halides is 3. The summed E-state index contributed by atoms with van der Waals surface area (Å²) in [7, 11) is 0. The van der Waals surface area contributed by atoms with E-state index in [1.54, 1.807) is 17.0 Å². The highest BCUT2D eigenvalue weighted by Gasteiger charge is 2.46. The van der Waals surface area contributed by atoms with E-state index in [1.165, 1.54) is 0 Å². The van der Waals surface area contributed by atoms with Crippen LogP contribution in [-0.2, 0) is 9.53 Å². The van der Waals surface area contributed by atoms with E-state index in [-0.39, 0.29) is 12.6 Å². The van der Waals surface area contributed by atoms with Gasteiger partial charge in [0.2, 0.25) is 0 Å². The molecule has 8 heteroatoms. The molecule has 0 spiro atoms. The first-order valence-corrected chi connectivity index (χ1v) is 10.1. The molecule has 5 nitrogen and oxygen atoms in total. The summed E-state index contributed by atoms with van der Waals surface area (Å²) in [5.74, 6) is -1.78. The summed E-state index contributed by atoms with van der Waals surface area (Å²) in [6, 6.07) is 6.69. The van der Waals surface area contributed by atoms with E-state index < -0.39 is 23.7 Å². The highest BCUT2D eigenvalue weighted by atomic mass is 19.4. The second-order valence-corrected chi connectivity index (χ2v) is 8.65. The molecule has 0 N–H and O–H groups in total. The van der Waals surface area contributed by atoms with Gasteiger partial charge in [-0.3, -0.25) is 4.79 Å². The highest BCUT2D eigenvalue weighted by molar-refractivity contribution is 5.83. The summed E-state index contributed by atoms with van der Waals surface area (Å²) in [5.41, 5.74) is 1.96. The molecule has 30 heavy (non-hydrogen) atoms. The van der Waals surface area contributed by atoms with Crippen LogP contribution in [0.5, 0.6) is 0 Å². The topological polar surface area (TPSA) is 49.9 Å². The third kappa shape index (κ3) is 4.96. The van der Waals surface area contributed by atoms with Crippen molar-refractivity contribution in [3.8, 4) is 0 Å². The summed E-state index contributed by atoms with van der Waals surface area (Å²) in [5, 5.41) is 0. The number of carbonyl (C=O) groups is 2. The first-order chi connectivity index (χ1) is 14.0. The van der Waals surface area contributed by atoms with Crippen molar-refractivity contribution in [2.45, 2.75) is 57.9 Å². The maximum atomic E-state index is 13.0. The van der Waals surface area contributed by atoms with Gasteiger partial charge in [0.15, 0.2) is 0 Å². The summed E-state index contributed by atoms with van der Waals surface area (Å²) in [6.07, 6.45) is -1.76. The van der Waals surface area contributed by atoms with Crippen molar-refractivity contribution < 1.29 is 27.5 Å². The van der Waals surface area contributed by atoms with Crippen molar-refractivity contribution in [1.29, 1.82) is 0 Å². The number of nitrogens with zero attached hydrogens (tertiary/aromatic N) is 2. The number of carbonyl (C=O) groups excluding carboxylic acids is 2. The first kappa shape index (κ1) is 22.2. The normalized spacial score (nSPS) is 20.2. The van der Waals surface area contributed by atoms with Gasteiger partial charge in [-0.2, -0.15) is 13.2 Å². The Balaban J connectivity index is 1.81. The summed E-state index contributed by atoms with van der Waals surface area (Å²) in [6.45, 7) is 6.36. The molecule has 2 amide bonds. The fraction of sp³-hybridized carbons (Fsp3) is 0.545. The van der Waals surface area contributed by atoms with Crippen LogP contribution in [0.2, 0.25) is 0 Å². The Kier molecular flexibility index (Phi) is 6.15. The summed E-state index contributed by atoms with van der Waals surface area (Å²) in [4.78, 5) is 26.7. The van der Waals surface area contributed by atoms with Crippen molar-refractivity contribution in [2.24, 2.45) is 0 Å². The minimum atomic E-state index is -4.88. The molecular weight excluding hydrogens is 397 g/mol. The largest absolute Gasteiger partial charge is 0.471 e. The van der Waals surface area contributed by atoms with Crippen LogP contribution in [0.15, 0.2) is 30.3 Å². The number of likely N-dealkylation sites (tertiary alicyclic amines) is 1. The standard InChI is InChI=1S/C22H27F3N2O3/c1-21(2,3)30-20(29)26-13-10-15(11-14-26)16-7-4-5-8-17(16)18-9-6-12-27(18)19(28)22(23,24)25/h4-5,7-8,10,18H,6,9,11-14H2,1-3H3. The van der Waals surface area contributed by atoms with Crippen molar-refractivity contribution >= 4 is 17.6 Å². The van der Waals surface area contributed by atoms with Crippen LogP contribution >= 0.6 is 0 Å². The van der Waals surface area contributed by atoms with Crippen LogP contribution in [-0.4, -0.2) is 53.2 Å². The average molecular weight is 424 g/mol. The Morgan fingerprint density at radius 2 is 1.80 bits per heavy atom. The molecule has 2 heterocycles. The van der Waals surface area contributed by atoms with Crippen LogP contribution in [0.4, 0.5) is 18.0 Å². The highest BCUT2D eigenvalue weighted by Crippen LogP contribution is 2.39. The van der Waals surface area contributed by atoms with Crippen molar-refractivity contribution in [3.05, 3.63) is 41.5 Å². The van der Waals surface area contributed by atoms with Crippen LogP contribution in [0.3, 0.4) is 0 Å². The molecule has 0 radical (unpaired) electrons. The predicted octanol–water partition coefficient (Wildman–Crippen LogP) is 4.94. The van der Waals surface area contributed by atoms with Gasteiger partial charge in [-0.25, -0.2) is 4.79 Å². The minimum absolute atomic E-state index is 0.100. The van der Waals surface area contributed by atoms with E-state index in [2.05, 4.69) is 0 Å². The molecule has 164 valence electrons. The monoisotopic (exact) mass is 424 g/mol. The Morgan fingerprint density at radius 1 is 1.10 bits per heavy atom. The molecule has 1 saturated heterocycles. The third-order valence-corrected chi connectivity index (χ3v) is 5.28. The summed E-state index contributed by atoms with van der Waals surface area (Å²) >= 11 is 0. The lowest BCUT2D eigenvalue weighted by Gasteiger charge is -2.31. The zero-order chi connectivity index (χ0) is 22.1. The van der Waals surface area contributed by atoms with Gasteiger partial charge in [-0.1, -0.05) is 30.3 Å². The molecule has 0 aliphatic carbocycles. The molecule has 2 aliphatic heterocycles. The average Bonchev–Trinajstić information content (AvgIpc) is 3.15. The van der Waals surface area contributed by atoms with E-state index in [9.17, 15) is 22.8 Å². The van der Waals surface area contributed by atoms with E-state index in [1.807, 2.05) is 39.0 Å². The van der Waals surface area contributed by atoms with Gasteiger partial charge < -0.3 is 14.5 Å². The molecule has 1 fully saturated rings. The predicted molar refractivity (Wildman–Crippen MR) is 107 cm³/mol. The van der Waals surface area contributed by atoms with Gasteiger partial charge in [-0.05, 0) is 56.7 Å². The number of rotatable bonds is 2. The fourth-order valence-corrected chi connectivity index (χ4v) is 3.98. The molecule has 1 aromatic rings. The lowest BCUT2D eigenvalue weighted by Crippen LogP contribution is -2.41. The Bertz CT molecular complexity index is 843. The van der Waals surface area contributed by atoms with Crippen molar-refractivity contribution in [1.82, 2.24) is 9.80 Å². The van der Waals surface area contributed by atoms with E-state index in [4.69, 9.17) is 4.74 Å². The van der Waals surface area contributed by atoms with Gasteiger partial charge in [-0.15, -0.1) is 0 Å². The Hall–Kier alpha value is -2.51. The van der Waals surface area contributed by atoms with Gasteiger partial charge in [0.05, 0.1) is 6.04 Å². The quantitative estimate of drug-likeness (QED) is 0.676. The smallest absolute Gasteiger partial charge is 0.444 e. The molecular formula is C22H27F3N2O3. The number of hydrogen-bond donors (Lipinski definition) is 0. The molecule has 1 aromatic carbocycles. The second kappa shape index (κ2) is 8.32. The van der Waals surface area contributed by atoms with E-state index in [0.717, 1.165) is 21.6 Å². The van der Waals surface area contributed by atoms with Crippen molar-refractivity contribution in [3.63, 3.8) is 0 Å². The minimum Gasteiger partial charge on any atom is -0.444 e. The maximum absolute atomic E-state index is 13.0. The second-order valence-electron chi connectivity index (χ2n) is 8.65. The van der Waals surface area contributed by atoms with Gasteiger partial charge in [0, 0.05) is 19.6 Å². The van der Waals surface area contributed by atoms with Crippen molar-refractivity contribution in [2.75, 3.05) is 19.6 Å². The van der Waals surface area contributed by atoms with Crippen LogP contribution in [0, 0.1) is 0 Å². The van der Waals surface area contributed by atoms with E-state index in [0.29, 0.717) is 32.4 Å². The van der Waals surface area contributed by atoms with Gasteiger partial charge in [0.25, 0.3) is 0 Å². The van der Waals surface area contributed by atoms with Gasteiger partial charge in [0.1, 0.15) is 5.60 Å². The van der Waals surface area contributed by atoms with Crippen LogP contribution in [0.1, 0.15) is 57.2 Å². The third-order valence-electron chi connectivity index (χ3n) is 5.28. The SMILES string of the molecule is CC(C)(C)OC(=O)N1CC=C(c2ccccc2C2CCCN2C(=O)C(F)(F)F)CC1. The number of ether oxygens (including phenoxy) is 1. The lowest BCUT2D eigenvalue weighted by molar-refractivity contribution is -0.186. The number of amides is 2. The molecule has 2 aliphatic rings. The van der Waals surface area contributed by atoms with Crippen LogP contribution in [0.25, 0.3) is 5.57 Å². The van der Waals surface area contributed by atoms with Crippen LogP contribution < -0.4 is 0 Å². The Morgan fingerprint density at radius 3 is 2.40 bits per heavy atom. The number of benzene rings is 1. The number of hydrogen-bond acceptors (Lipinski definition) is 3. The van der Waals surface area contributed by atoms with E-state index >= 15 is 0 Å². The lowest BCUT2D eigenvalue weighted by atomic mass is 9.90. The molecule has 0 aromatic heterocycles. The molecule has 3 rings (SSSR count). The zero-order valence-corrected chi connectivity index (χ0v) is 17.5. The summed E-state index contributed by atoms with van der Waals surface area (Å²) < 4.78 is 44.5. The maximum Gasteiger partial charge on any atom is 0.471 e.